The number of carboxylic acid groups (broad SMARTS) is 1. The molecule has 0 aromatic heterocycles. The predicted octanol–water partition coefficient (Wildman–Crippen LogP) is 4.76. The lowest BCUT2D eigenvalue weighted by Gasteiger charge is -2.17. The van der Waals surface area contributed by atoms with Crippen LogP contribution < -0.4 is 5.43 Å². The molecule has 164 valence electrons. The quantitative estimate of drug-likeness (QED) is 0.345. The number of hydrogen-bond acceptors (Lipinski definition) is 6. The zero-order chi connectivity index (χ0) is 23.6. The Morgan fingerprint density at radius 2 is 1.62 bits per heavy atom. The minimum atomic E-state index is -1.04. The van der Waals surface area contributed by atoms with Crippen molar-refractivity contribution in [2.24, 2.45) is 0 Å². The van der Waals surface area contributed by atoms with Crippen LogP contribution in [0.4, 0.5) is 0 Å². The van der Waals surface area contributed by atoms with Gasteiger partial charge in [-0.25, -0.2) is 4.79 Å². The average Bonchev–Trinajstić information content (AvgIpc) is 2.75. The van der Waals surface area contributed by atoms with Gasteiger partial charge in [0.15, 0.2) is 5.43 Å². The largest absolute Gasteiger partial charge is 0.508 e. The summed E-state index contributed by atoms with van der Waals surface area (Å²) in [5.41, 5.74) is 3.39. The van der Waals surface area contributed by atoms with Crippen molar-refractivity contribution in [3.05, 3.63) is 75.4 Å². The van der Waals surface area contributed by atoms with Gasteiger partial charge in [0.05, 0.1) is 12.7 Å². The maximum Gasteiger partial charge on any atom is 0.336 e. The van der Waals surface area contributed by atoms with Crippen molar-refractivity contribution in [3.8, 4) is 28.2 Å². The Kier molecular flexibility index (Phi) is 6.30. The fraction of sp³-hybridized carbons (Fsp3) is 0.160. The predicted molar refractivity (Wildman–Crippen MR) is 120 cm³/mol. The minimum absolute atomic E-state index is 0.0672. The fourth-order valence-electron chi connectivity index (χ4n) is 3.35. The summed E-state index contributed by atoms with van der Waals surface area (Å²) in [6.45, 7) is 4.83. The smallest absolute Gasteiger partial charge is 0.336 e. The van der Waals surface area contributed by atoms with Gasteiger partial charge in [0.2, 0.25) is 0 Å². The van der Waals surface area contributed by atoms with Gasteiger partial charge in [-0.15, -0.1) is 0 Å². The number of aromatic carboxylic acids is 1. The zero-order valence-corrected chi connectivity index (χ0v) is 18.1. The van der Waals surface area contributed by atoms with Crippen LogP contribution in [0.2, 0.25) is 0 Å². The van der Waals surface area contributed by atoms with Gasteiger partial charge >= 0.3 is 11.9 Å². The number of carboxylic acids is 1. The molecule has 0 atom stereocenters. The number of aryl methyl sites for hydroxylation is 2. The standard InChI is InChI=1S/C22H16O5.C3H6O2/c1-11-7-15-19(9-17(11)23)27-20-10-18(24)12(2)8-16(20)21(15)13-5-3-4-6-14(13)22(25)26;1-3(4)5-2/h3-10,23H,1-2H3,(H,25,26);1-2H3. The number of esters is 1. The molecule has 2 N–H and O–H groups in total. The van der Waals surface area contributed by atoms with Gasteiger partial charge in [-0.1, -0.05) is 18.2 Å². The molecule has 2 aromatic rings. The van der Waals surface area contributed by atoms with Gasteiger partial charge in [-0.3, -0.25) is 9.59 Å². The van der Waals surface area contributed by atoms with Crippen LogP contribution in [0.5, 0.6) is 5.75 Å². The van der Waals surface area contributed by atoms with Crippen LogP contribution in [0.25, 0.3) is 33.4 Å². The highest BCUT2D eigenvalue weighted by Gasteiger charge is 2.22. The summed E-state index contributed by atoms with van der Waals surface area (Å²) in [6, 6.07) is 13.1. The van der Waals surface area contributed by atoms with Gasteiger partial charge in [0, 0.05) is 35.6 Å². The molecule has 0 bridgehead atoms. The lowest BCUT2D eigenvalue weighted by atomic mass is 9.89. The average molecular weight is 434 g/mol. The van der Waals surface area contributed by atoms with Crippen LogP contribution in [0, 0.1) is 13.8 Å². The molecule has 0 amide bonds. The molecular weight excluding hydrogens is 412 g/mol. The number of phenolic OH excluding ortho intramolecular Hbond substituents is 1. The Morgan fingerprint density at radius 3 is 2.25 bits per heavy atom. The Labute approximate surface area is 183 Å². The molecule has 0 saturated carbocycles. The van der Waals surface area contributed by atoms with E-state index in [1.165, 1.54) is 26.2 Å². The number of carbonyl (C=O) groups excluding carboxylic acids is 1. The molecule has 0 fully saturated rings. The number of fused-ring (bicyclic) bond motifs is 2. The van der Waals surface area contributed by atoms with Gasteiger partial charge in [-0.05, 0) is 48.7 Å². The molecule has 0 spiro atoms. The number of methoxy groups -OCH3 is 1. The molecule has 4 rings (SSSR count). The number of rotatable bonds is 2. The second kappa shape index (κ2) is 8.93. The normalized spacial score (nSPS) is 10.5. The zero-order valence-electron chi connectivity index (χ0n) is 18.1. The number of carbonyl (C=O) groups is 2. The van der Waals surface area contributed by atoms with E-state index >= 15 is 0 Å². The molecule has 2 aromatic carbocycles. The summed E-state index contributed by atoms with van der Waals surface area (Å²) in [5.74, 6) is -0.876. The summed E-state index contributed by atoms with van der Waals surface area (Å²) in [6.07, 6.45) is 0. The van der Waals surface area contributed by atoms with Crippen molar-refractivity contribution in [2.75, 3.05) is 7.11 Å². The molecule has 1 aliphatic heterocycles. The second-order valence-electron chi connectivity index (χ2n) is 7.27. The van der Waals surface area contributed by atoms with E-state index in [0.29, 0.717) is 44.5 Å². The number of hydrogen-bond donors (Lipinski definition) is 2. The first-order valence-corrected chi connectivity index (χ1v) is 9.72. The highest BCUT2D eigenvalue weighted by molar-refractivity contribution is 6.07. The van der Waals surface area contributed by atoms with Gasteiger partial charge in [0.25, 0.3) is 0 Å². The van der Waals surface area contributed by atoms with Crippen molar-refractivity contribution >= 4 is 22.9 Å². The van der Waals surface area contributed by atoms with Crippen molar-refractivity contribution in [2.45, 2.75) is 20.8 Å². The molecular formula is C25H22O7. The van der Waals surface area contributed by atoms with Crippen molar-refractivity contribution in [1.82, 2.24) is 0 Å². The monoisotopic (exact) mass is 434 g/mol. The maximum atomic E-state index is 12.1. The third-order valence-corrected chi connectivity index (χ3v) is 5.05. The second-order valence-corrected chi connectivity index (χ2v) is 7.27. The van der Waals surface area contributed by atoms with E-state index < -0.39 is 5.97 Å². The van der Waals surface area contributed by atoms with Crippen molar-refractivity contribution in [1.29, 1.82) is 0 Å². The molecule has 1 aliphatic carbocycles. The first kappa shape index (κ1) is 22.6. The molecule has 0 unspecified atom stereocenters. The summed E-state index contributed by atoms with van der Waals surface area (Å²) in [5, 5.41) is 20.4. The van der Waals surface area contributed by atoms with Crippen LogP contribution in [0.1, 0.15) is 28.4 Å². The van der Waals surface area contributed by atoms with Gasteiger partial charge in [-0.2, -0.15) is 0 Å². The number of phenols is 1. The highest BCUT2D eigenvalue weighted by atomic mass is 16.5. The van der Waals surface area contributed by atoms with Crippen molar-refractivity contribution in [3.63, 3.8) is 0 Å². The van der Waals surface area contributed by atoms with E-state index in [1.807, 2.05) is 0 Å². The molecule has 7 nitrogen and oxygen atoms in total. The molecule has 2 aliphatic rings. The van der Waals surface area contributed by atoms with Crippen LogP contribution in [-0.4, -0.2) is 29.3 Å². The third-order valence-electron chi connectivity index (χ3n) is 5.05. The van der Waals surface area contributed by atoms with Gasteiger partial charge in [0.1, 0.15) is 17.1 Å². The molecule has 0 saturated heterocycles. The van der Waals surface area contributed by atoms with Crippen LogP contribution in [-0.2, 0) is 9.53 Å². The Bertz CT molecular complexity index is 1360. The summed E-state index contributed by atoms with van der Waals surface area (Å²) in [4.78, 5) is 33.5. The Hall–Kier alpha value is -4.13. The van der Waals surface area contributed by atoms with E-state index in [1.54, 1.807) is 50.2 Å². The summed E-state index contributed by atoms with van der Waals surface area (Å²) < 4.78 is 9.98. The van der Waals surface area contributed by atoms with E-state index in [-0.39, 0.29) is 22.7 Å². The first-order chi connectivity index (χ1) is 15.1. The topological polar surface area (TPSA) is 114 Å². The lowest BCUT2D eigenvalue weighted by molar-refractivity contribution is -0.137. The van der Waals surface area contributed by atoms with Crippen molar-refractivity contribution < 1.29 is 29.0 Å². The molecule has 32 heavy (non-hydrogen) atoms. The summed E-state index contributed by atoms with van der Waals surface area (Å²) in [7, 11) is 1.35. The summed E-state index contributed by atoms with van der Waals surface area (Å²) >= 11 is 0. The van der Waals surface area contributed by atoms with E-state index in [2.05, 4.69) is 4.74 Å². The van der Waals surface area contributed by atoms with E-state index in [0.717, 1.165) is 0 Å². The highest BCUT2D eigenvalue weighted by Crippen LogP contribution is 2.42. The number of aromatic hydroxyl groups is 1. The van der Waals surface area contributed by atoms with Crippen LogP contribution >= 0.6 is 0 Å². The Morgan fingerprint density at radius 1 is 0.969 bits per heavy atom. The number of ether oxygens (including phenoxy) is 1. The fourth-order valence-corrected chi connectivity index (χ4v) is 3.35. The molecule has 0 radical (unpaired) electrons. The van der Waals surface area contributed by atoms with Gasteiger partial charge < -0.3 is 19.4 Å². The molecule has 1 heterocycles. The maximum absolute atomic E-state index is 12.1. The van der Waals surface area contributed by atoms with E-state index in [4.69, 9.17) is 4.42 Å². The van der Waals surface area contributed by atoms with Crippen LogP contribution in [0.15, 0.2) is 57.7 Å². The lowest BCUT2D eigenvalue weighted by Crippen LogP contribution is -2.06. The minimum Gasteiger partial charge on any atom is -0.508 e. The van der Waals surface area contributed by atoms with E-state index in [9.17, 15) is 24.6 Å². The third kappa shape index (κ3) is 4.32. The van der Waals surface area contributed by atoms with Crippen LogP contribution in [0.3, 0.4) is 0 Å². The number of benzene rings is 3. The Balaban J connectivity index is 0.000000523. The first-order valence-electron chi connectivity index (χ1n) is 9.72. The SMILES string of the molecule is COC(C)=O.Cc1cc2c(-c3ccccc3C(=O)O)c3cc(C)c(=O)cc-3oc2cc1O. The molecule has 7 heteroatoms.